The molecule has 4 aromatic rings. The second kappa shape index (κ2) is 6.40. The molecule has 0 aliphatic carbocycles. The molecule has 0 aliphatic heterocycles. The second-order valence-electron chi connectivity index (χ2n) is 6.28. The minimum Gasteiger partial charge on any atom is -0.508 e. The minimum absolute atomic E-state index is 0.253. The van der Waals surface area contributed by atoms with Crippen molar-refractivity contribution in [1.29, 1.82) is 0 Å². The number of hydrogen-bond donors (Lipinski definition) is 4. The molecular formula is C20H19N5O. The van der Waals surface area contributed by atoms with Crippen LogP contribution in [0.3, 0.4) is 0 Å². The van der Waals surface area contributed by atoms with Crippen molar-refractivity contribution in [1.82, 2.24) is 20.4 Å². The molecule has 0 amide bonds. The first-order valence-corrected chi connectivity index (χ1v) is 8.33. The van der Waals surface area contributed by atoms with E-state index < -0.39 is 0 Å². The van der Waals surface area contributed by atoms with Crippen LogP contribution in [0, 0.1) is 13.8 Å². The summed E-state index contributed by atoms with van der Waals surface area (Å²) in [5.74, 6) is 0.979. The fraction of sp³-hybridized carbons (Fsp3) is 0.100. The lowest BCUT2D eigenvalue weighted by molar-refractivity contribution is 0.475. The molecule has 2 heterocycles. The highest BCUT2D eigenvalue weighted by atomic mass is 16.3. The lowest BCUT2D eigenvalue weighted by Gasteiger charge is -2.06. The molecule has 6 heteroatoms. The summed E-state index contributed by atoms with van der Waals surface area (Å²) >= 11 is 0. The zero-order chi connectivity index (χ0) is 18.1. The molecule has 0 radical (unpaired) electrons. The summed E-state index contributed by atoms with van der Waals surface area (Å²) in [6.45, 7) is 3.95. The summed E-state index contributed by atoms with van der Waals surface area (Å²) in [6, 6.07) is 15.4. The maximum absolute atomic E-state index is 9.51. The molecule has 0 saturated carbocycles. The minimum atomic E-state index is 0.253. The zero-order valence-corrected chi connectivity index (χ0v) is 14.5. The van der Waals surface area contributed by atoms with Gasteiger partial charge in [0, 0.05) is 23.0 Å². The number of aromatic amines is 2. The highest BCUT2D eigenvalue weighted by Gasteiger charge is 2.08. The smallest absolute Gasteiger partial charge is 0.152 e. The molecule has 130 valence electrons. The van der Waals surface area contributed by atoms with Gasteiger partial charge in [0.05, 0.1) is 11.9 Å². The van der Waals surface area contributed by atoms with Gasteiger partial charge < -0.3 is 10.4 Å². The van der Waals surface area contributed by atoms with Crippen LogP contribution in [0.15, 0.2) is 54.7 Å². The van der Waals surface area contributed by atoms with Crippen molar-refractivity contribution >= 4 is 11.5 Å². The van der Waals surface area contributed by atoms with Crippen LogP contribution in [-0.2, 0) is 0 Å². The topological polar surface area (TPSA) is 89.6 Å². The molecule has 26 heavy (non-hydrogen) atoms. The first-order valence-electron chi connectivity index (χ1n) is 8.33. The van der Waals surface area contributed by atoms with Crippen LogP contribution in [0.4, 0.5) is 11.5 Å². The van der Waals surface area contributed by atoms with E-state index in [0.29, 0.717) is 0 Å². The van der Waals surface area contributed by atoms with Crippen molar-refractivity contribution in [3.05, 3.63) is 66.0 Å². The van der Waals surface area contributed by atoms with Crippen LogP contribution in [0.25, 0.3) is 22.4 Å². The molecule has 4 N–H and O–H groups in total. The van der Waals surface area contributed by atoms with Gasteiger partial charge in [-0.05, 0) is 48.7 Å². The summed E-state index contributed by atoms with van der Waals surface area (Å²) < 4.78 is 0. The van der Waals surface area contributed by atoms with E-state index in [1.54, 1.807) is 12.1 Å². The van der Waals surface area contributed by atoms with Crippen molar-refractivity contribution in [2.24, 2.45) is 0 Å². The molecule has 0 unspecified atom stereocenters. The average molecular weight is 345 g/mol. The van der Waals surface area contributed by atoms with E-state index >= 15 is 0 Å². The first kappa shape index (κ1) is 16.0. The van der Waals surface area contributed by atoms with Crippen LogP contribution < -0.4 is 5.32 Å². The first-order chi connectivity index (χ1) is 12.6. The number of benzene rings is 2. The number of rotatable bonds is 4. The number of phenols is 1. The molecule has 0 spiro atoms. The van der Waals surface area contributed by atoms with E-state index in [9.17, 15) is 5.11 Å². The highest BCUT2D eigenvalue weighted by molar-refractivity contribution is 5.72. The number of aryl methyl sites for hydroxylation is 2. The Kier molecular flexibility index (Phi) is 3.93. The molecular weight excluding hydrogens is 326 g/mol. The van der Waals surface area contributed by atoms with Gasteiger partial charge in [-0.15, -0.1) is 0 Å². The molecule has 0 bridgehead atoms. The van der Waals surface area contributed by atoms with Crippen LogP contribution in [0.2, 0.25) is 0 Å². The van der Waals surface area contributed by atoms with Crippen molar-refractivity contribution in [2.45, 2.75) is 13.8 Å². The normalized spacial score (nSPS) is 10.8. The lowest BCUT2D eigenvalue weighted by atomic mass is 10.0. The maximum atomic E-state index is 9.51. The predicted octanol–water partition coefficient (Wildman–Crippen LogP) is 4.53. The Hall–Kier alpha value is -3.54. The summed E-state index contributed by atoms with van der Waals surface area (Å²) in [7, 11) is 0. The molecule has 4 rings (SSSR count). The fourth-order valence-corrected chi connectivity index (χ4v) is 2.93. The monoisotopic (exact) mass is 345 g/mol. The van der Waals surface area contributed by atoms with Gasteiger partial charge in [0.1, 0.15) is 5.75 Å². The lowest BCUT2D eigenvalue weighted by Crippen LogP contribution is -1.92. The van der Waals surface area contributed by atoms with Crippen LogP contribution in [-0.4, -0.2) is 25.5 Å². The van der Waals surface area contributed by atoms with Gasteiger partial charge in [0.2, 0.25) is 0 Å². The number of nitrogens with zero attached hydrogens (tertiary/aromatic N) is 2. The number of H-pyrrole nitrogens is 2. The number of aromatic hydroxyl groups is 1. The van der Waals surface area contributed by atoms with Gasteiger partial charge in [-0.25, -0.2) is 0 Å². The van der Waals surface area contributed by atoms with E-state index in [2.05, 4.69) is 50.0 Å². The van der Waals surface area contributed by atoms with Crippen LogP contribution in [0.1, 0.15) is 11.3 Å². The number of hydrogen-bond acceptors (Lipinski definition) is 4. The van der Waals surface area contributed by atoms with Crippen LogP contribution in [0.5, 0.6) is 5.75 Å². The largest absolute Gasteiger partial charge is 0.508 e. The Balaban J connectivity index is 1.55. The fourth-order valence-electron chi connectivity index (χ4n) is 2.93. The Morgan fingerprint density at radius 2 is 1.69 bits per heavy atom. The maximum Gasteiger partial charge on any atom is 0.152 e. The molecule has 0 fully saturated rings. The van der Waals surface area contributed by atoms with Gasteiger partial charge in [-0.2, -0.15) is 10.2 Å². The standard InChI is InChI=1S/C20H19N5O/c1-12-9-16(26)7-8-18(12)22-20-10-19(24-25-20)15-5-3-14(4-6-15)17-11-21-23-13(17)2/h3-11,26H,1-2H3,(H,21,23)(H2,22,24,25). The SMILES string of the molecule is Cc1cc(O)ccc1Nc1cc(-c2ccc(-c3cn[nH]c3C)cc2)[nH]n1. The van der Waals surface area contributed by atoms with Gasteiger partial charge in [0.15, 0.2) is 5.82 Å². The summed E-state index contributed by atoms with van der Waals surface area (Å²) in [4.78, 5) is 0. The Morgan fingerprint density at radius 1 is 0.923 bits per heavy atom. The molecule has 0 atom stereocenters. The van der Waals surface area contributed by atoms with Crippen molar-refractivity contribution in [3.8, 4) is 28.1 Å². The number of nitrogens with one attached hydrogen (secondary N) is 3. The van der Waals surface area contributed by atoms with Gasteiger partial charge in [-0.1, -0.05) is 24.3 Å². The van der Waals surface area contributed by atoms with Gasteiger partial charge >= 0.3 is 0 Å². The highest BCUT2D eigenvalue weighted by Crippen LogP contribution is 2.28. The number of aromatic nitrogens is 4. The van der Waals surface area contributed by atoms with Crippen molar-refractivity contribution < 1.29 is 5.11 Å². The van der Waals surface area contributed by atoms with Crippen molar-refractivity contribution in [3.63, 3.8) is 0 Å². The third kappa shape index (κ3) is 3.04. The van der Waals surface area contributed by atoms with E-state index in [1.807, 2.05) is 32.2 Å². The quantitative estimate of drug-likeness (QED) is 0.409. The predicted molar refractivity (Wildman–Crippen MR) is 102 cm³/mol. The molecule has 2 aromatic heterocycles. The Morgan fingerprint density at radius 3 is 2.38 bits per heavy atom. The summed E-state index contributed by atoms with van der Waals surface area (Å²) in [6.07, 6.45) is 1.84. The van der Waals surface area contributed by atoms with Gasteiger partial charge in [0.25, 0.3) is 0 Å². The molecule has 2 aromatic carbocycles. The second-order valence-corrected chi connectivity index (χ2v) is 6.28. The zero-order valence-electron chi connectivity index (χ0n) is 14.5. The molecule has 0 aliphatic rings. The van der Waals surface area contributed by atoms with E-state index in [1.165, 1.54) is 0 Å². The number of anilines is 2. The Bertz CT molecular complexity index is 1050. The third-order valence-corrected chi connectivity index (χ3v) is 4.39. The molecule has 6 nitrogen and oxygen atoms in total. The average Bonchev–Trinajstić information content (AvgIpc) is 3.27. The third-order valence-electron chi connectivity index (χ3n) is 4.39. The number of phenolic OH excluding ortho intramolecular Hbond substituents is 1. The van der Waals surface area contributed by atoms with Gasteiger partial charge in [-0.3, -0.25) is 10.2 Å². The van der Waals surface area contributed by atoms with E-state index in [0.717, 1.165) is 45.1 Å². The summed E-state index contributed by atoms with van der Waals surface area (Å²) in [5.41, 5.74) is 7.12. The van der Waals surface area contributed by atoms with E-state index in [4.69, 9.17) is 0 Å². The molecule has 0 saturated heterocycles. The summed E-state index contributed by atoms with van der Waals surface area (Å²) in [5, 5.41) is 27.2. The van der Waals surface area contributed by atoms with E-state index in [-0.39, 0.29) is 5.75 Å². The van der Waals surface area contributed by atoms with Crippen LogP contribution >= 0.6 is 0 Å². The Labute approximate surface area is 150 Å². The van der Waals surface area contributed by atoms with Crippen molar-refractivity contribution in [2.75, 3.05) is 5.32 Å².